The molecule has 0 bridgehead atoms. The molecule has 1 aliphatic heterocycles. The van der Waals surface area contributed by atoms with Crippen LogP contribution in [-0.2, 0) is 6.54 Å². The highest BCUT2D eigenvalue weighted by molar-refractivity contribution is 7.08. The van der Waals surface area contributed by atoms with Gasteiger partial charge in [0.2, 0.25) is 0 Å². The number of fused-ring (bicyclic) bond motifs is 1. The third-order valence-electron chi connectivity index (χ3n) is 2.58. The van der Waals surface area contributed by atoms with Gasteiger partial charge in [0.1, 0.15) is 5.82 Å². The normalized spacial score (nSPS) is 19.6. The van der Waals surface area contributed by atoms with Crippen molar-refractivity contribution in [2.24, 2.45) is 0 Å². The van der Waals surface area contributed by atoms with Crippen LogP contribution in [-0.4, -0.2) is 9.55 Å². The minimum absolute atomic E-state index is 0.389. The lowest BCUT2D eigenvalue weighted by Gasteiger charge is -2.10. The Labute approximate surface area is 86.4 Å². The topological polar surface area (TPSA) is 29.9 Å². The van der Waals surface area contributed by atoms with E-state index in [9.17, 15) is 0 Å². The summed E-state index contributed by atoms with van der Waals surface area (Å²) >= 11 is 1.72. The average Bonchev–Trinajstić information content (AvgIpc) is 2.85. The molecule has 72 valence electrons. The SMILES string of the molecule is c1cn2c(n1)C(Nc1ccsc1)CC2. The maximum Gasteiger partial charge on any atom is 0.131 e. The molecule has 0 saturated carbocycles. The van der Waals surface area contributed by atoms with E-state index in [1.165, 1.54) is 5.69 Å². The van der Waals surface area contributed by atoms with Gasteiger partial charge in [0, 0.05) is 30.0 Å². The molecular weight excluding hydrogens is 194 g/mol. The first-order valence-electron chi connectivity index (χ1n) is 4.73. The molecule has 0 amide bonds. The summed E-state index contributed by atoms with van der Waals surface area (Å²) in [6.07, 6.45) is 5.06. The smallest absolute Gasteiger partial charge is 0.131 e. The van der Waals surface area contributed by atoms with Crippen LogP contribution < -0.4 is 5.32 Å². The molecule has 1 N–H and O–H groups in total. The zero-order valence-electron chi connectivity index (χ0n) is 7.68. The summed E-state index contributed by atoms with van der Waals surface area (Å²) in [5, 5.41) is 7.71. The molecule has 0 aliphatic carbocycles. The van der Waals surface area contributed by atoms with Crippen molar-refractivity contribution in [2.45, 2.75) is 19.0 Å². The Hall–Kier alpha value is -1.29. The van der Waals surface area contributed by atoms with E-state index < -0.39 is 0 Å². The summed E-state index contributed by atoms with van der Waals surface area (Å²) in [4.78, 5) is 4.36. The predicted molar refractivity (Wildman–Crippen MR) is 57.5 cm³/mol. The molecule has 0 fully saturated rings. The quantitative estimate of drug-likeness (QED) is 0.816. The minimum Gasteiger partial charge on any atom is -0.374 e. The van der Waals surface area contributed by atoms with E-state index in [0.29, 0.717) is 6.04 Å². The van der Waals surface area contributed by atoms with Crippen LogP contribution in [0.4, 0.5) is 5.69 Å². The molecule has 0 spiro atoms. The second-order valence-electron chi connectivity index (χ2n) is 3.48. The molecule has 0 saturated heterocycles. The van der Waals surface area contributed by atoms with Gasteiger partial charge in [-0.3, -0.25) is 0 Å². The van der Waals surface area contributed by atoms with E-state index in [4.69, 9.17) is 0 Å². The summed E-state index contributed by atoms with van der Waals surface area (Å²) in [7, 11) is 0. The maximum absolute atomic E-state index is 4.36. The first-order chi connectivity index (χ1) is 6.93. The molecule has 1 aliphatic rings. The van der Waals surface area contributed by atoms with Crippen molar-refractivity contribution in [3.8, 4) is 0 Å². The monoisotopic (exact) mass is 205 g/mol. The van der Waals surface area contributed by atoms with Gasteiger partial charge in [0.25, 0.3) is 0 Å². The predicted octanol–water partition coefficient (Wildman–Crippen LogP) is 2.50. The van der Waals surface area contributed by atoms with Crippen molar-refractivity contribution in [3.63, 3.8) is 0 Å². The Kier molecular flexibility index (Phi) is 1.80. The Morgan fingerprint density at radius 2 is 2.57 bits per heavy atom. The first kappa shape index (κ1) is 8.05. The highest BCUT2D eigenvalue weighted by Crippen LogP contribution is 2.28. The van der Waals surface area contributed by atoms with Crippen LogP contribution in [0.1, 0.15) is 18.3 Å². The number of nitrogens with zero attached hydrogens (tertiary/aromatic N) is 2. The van der Waals surface area contributed by atoms with Crippen molar-refractivity contribution in [2.75, 3.05) is 5.32 Å². The zero-order valence-corrected chi connectivity index (χ0v) is 8.50. The molecule has 2 aromatic rings. The first-order valence-corrected chi connectivity index (χ1v) is 5.67. The van der Waals surface area contributed by atoms with Gasteiger partial charge >= 0.3 is 0 Å². The number of aryl methyl sites for hydroxylation is 1. The summed E-state index contributed by atoms with van der Waals surface area (Å²) in [6.45, 7) is 1.08. The number of aromatic nitrogens is 2. The standard InChI is InChI=1S/C10H11N3S/c1-4-13-5-3-11-10(13)9(1)12-8-2-6-14-7-8/h2-3,5-7,9,12H,1,4H2. The van der Waals surface area contributed by atoms with E-state index in [-0.39, 0.29) is 0 Å². The largest absolute Gasteiger partial charge is 0.374 e. The number of hydrogen-bond donors (Lipinski definition) is 1. The molecule has 14 heavy (non-hydrogen) atoms. The highest BCUT2D eigenvalue weighted by atomic mass is 32.1. The van der Waals surface area contributed by atoms with Crippen LogP contribution in [0.2, 0.25) is 0 Å². The van der Waals surface area contributed by atoms with Gasteiger partial charge in [-0.15, -0.1) is 0 Å². The van der Waals surface area contributed by atoms with Crippen LogP contribution in [0, 0.1) is 0 Å². The molecule has 0 radical (unpaired) electrons. The molecule has 4 heteroatoms. The van der Waals surface area contributed by atoms with Crippen LogP contribution in [0.3, 0.4) is 0 Å². The van der Waals surface area contributed by atoms with Gasteiger partial charge < -0.3 is 9.88 Å². The number of nitrogens with one attached hydrogen (secondary N) is 1. The fourth-order valence-electron chi connectivity index (χ4n) is 1.90. The second-order valence-corrected chi connectivity index (χ2v) is 4.26. The number of imidazole rings is 1. The molecular formula is C10H11N3S. The second kappa shape index (κ2) is 3.13. The molecule has 3 heterocycles. The maximum atomic E-state index is 4.36. The lowest BCUT2D eigenvalue weighted by atomic mass is 10.2. The van der Waals surface area contributed by atoms with Crippen molar-refractivity contribution in [3.05, 3.63) is 35.0 Å². The molecule has 0 aromatic carbocycles. The van der Waals surface area contributed by atoms with Gasteiger partial charge in [-0.05, 0) is 17.9 Å². The van der Waals surface area contributed by atoms with Crippen LogP contribution in [0.15, 0.2) is 29.2 Å². The molecule has 1 atom stereocenters. The summed E-state index contributed by atoms with van der Waals surface area (Å²) in [5.74, 6) is 1.16. The third kappa shape index (κ3) is 1.23. The van der Waals surface area contributed by atoms with Crippen molar-refractivity contribution < 1.29 is 0 Å². The van der Waals surface area contributed by atoms with Crippen LogP contribution >= 0.6 is 11.3 Å². The average molecular weight is 205 g/mol. The van der Waals surface area contributed by atoms with Gasteiger partial charge in [0.15, 0.2) is 0 Å². The lowest BCUT2D eigenvalue weighted by molar-refractivity contribution is 0.709. The number of hydrogen-bond acceptors (Lipinski definition) is 3. The fraction of sp³-hybridized carbons (Fsp3) is 0.300. The summed E-state index contributed by atoms with van der Waals surface area (Å²) in [6, 6.07) is 2.50. The van der Waals surface area contributed by atoms with Crippen LogP contribution in [0.25, 0.3) is 0 Å². The van der Waals surface area contributed by atoms with Gasteiger partial charge in [-0.1, -0.05) is 0 Å². The minimum atomic E-state index is 0.389. The lowest BCUT2D eigenvalue weighted by Crippen LogP contribution is -2.07. The molecule has 3 nitrogen and oxygen atoms in total. The van der Waals surface area contributed by atoms with Gasteiger partial charge in [0.05, 0.1) is 6.04 Å². The van der Waals surface area contributed by atoms with Crippen molar-refractivity contribution in [1.82, 2.24) is 9.55 Å². The van der Waals surface area contributed by atoms with Gasteiger partial charge in [-0.2, -0.15) is 11.3 Å². The van der Waals surface area contributed by atoms with Crippen molar-refractivity contribution >= 4 is 17.0 Å². The van der Waals surface area contributed by atoms with E-state index in [1.54, 1.807) is 11.3 Å². The van der Waals surface area contributed by atoms with Crippen molar-refractivity contribution in [1.29, 1.82) is 0 Å². The Morgan fingerprint density at radius 3 is 3.43 bits per heavy atom. The number of thiophene rings is 1. The highest BCUT2D eigenvalue weighted by Gasteiger charge is 2.22. The number of rotatable bonds is 2. The number of anilines is 1. The van der Waals surface area contributed by atoms with E-state index >= 15 is 0 Å². The molecule has 2 aromatic heterocycles. The fourth-order valence-corrected chi connectivity index (χ4v) is 2.50. The summed E-state index contributed by atoms with van der Waals surface area (Å²) < 4.78 is 2.21. The van der Waals surface area contributed by atoms with Crippen LogP contribution in [0.5, 0.6) is 0 Å². The third-order valence-corrected chi connectivity index (χ3v) is 3.26. The Balaban J connectivity index is 1.83. The summed E-state index contributed by atoms with van der Waals surface area (Å²) in [5.41, 5.74) is 1.21. The molecule has 3 rings (SSSR count). The van der Waals surface area contributed by atoms with E-state index in [1.807, 2.05) is 12.4 Å². The Morgan fingerprint density at radius 1 is 1.57 bits per heavy atom. The molecule has 1 unspecified atom stereocenters. The van der Waals surface area contributed by atoms with E-state index in [0.717, 1.165) is 18.8 Å². The van der Waals surface area contributed by atoms with E-state index in [2.05, 4.69) is 31.7 Å². The van der Waals surface area contributed by atoms with Gasteiger partial charge in [-0.25, -0.2) is 4.98 Å². The Bertz CT molecular complexity index is 418. The zero-order chi connectivity index (χ0) is 9.38.